The highest BCUT2D eigenvalue weighted by Crippen LogP contribution is 2.69. The summed E-state index contributed by atoms with van der Waals surface area (Å²) in [5.41, 5.74) is -0.0841. The Labute approximate surface area is 146 Å². The molecule has 24 heavy (non-hydrogen) atoms. The average Bonchev–Trinajstić information content (AvgIpc) is 2.89. The van der Waals surface area contributed by atoms with E-state index < -0.39 is 17.3 Å². The number of aliphatic hydroxyl groups is 3. The van der Waals surface area contributed by atoms with Crippen LogP contribution in [-0.2, 0) is 0 Å². The minimum absolute atomic E-state index is 0.352. The molecule has 0 saturated heterocycles. The maximum atomic E-state index is 10.9. The maximum Gasteiger partial charge on any atom is 0.195 e. The molecule has 8 unspecified atom stereocenters. The van der Waals surface area contributed by atoms with Crippen molar-refractivity contribution in [3.05, 3.63) is 0 Å². The topological polar surface area (TPSA) is 60.7 Å². The van der Waals surface area contributed by atoms with E-state index in [2.05, 4.69) is 20.8 Å². The van der Waals surface area contributed by atoms with Crippen molar-refractivity contribution < 1.29 is 15.3 Å². The van der Waals surface area contributed by atoms with E-state index in [0.29, 0.717) is 29.6 Å². The molecule has 4 aliphatic carbocycles. The molecule has 3 N–H and O–H groups in total. The minimum Gasteiger partial charge on any atom is -0.387 e. The van der Waals surface area contributed by atoms with Crippen molar-refractivity contribution in [2.75, 3.05) is 0 Å². The van der Waals surface area contributed by atoms with Crippen LogP contribution < -0.4 is 0 Å². The fourth-order valence-electron chi connectivity index (χ4n) is 8.15. The molecule has 0 bridgehead atoms. The summed E-state index contributed by atoms with van der Waals surface area (Å²) in [7, 11) is 0. The van der Waals surface area contributed by atoms with Gasteiger partial charge < -0.3 is 15.3 Å². The quantitative estimate of drug-likeness (QED) is 0.640. The van der Waals surface area contributed by atoms with Gasteiger partial charge in [0.05, 0.1) is 0 Å². The molecule has 3 nitrogen and oxygen atoms in total. The summed E-state index contributed by atoms with van der Waals surface area (Å²) in [6.07, 6.45) is 9.15. The van der Waals surface area contributed by atoms with Crippen LogP contribution in [0.25, 0.3) is 0 Å². The van der Waals surface area contributed by atoms with Gasteiger partial charge >= 0.3 is 0 Å². The Hall–Kier alpha value is -0.120. The molecule has 4 fully saturated rings. The fourth-order valence-corrected chi connectivity index (χ4v) is 8.15. The SMILES string of the molecule is CCC1CCC2C3CCC4CCC(O)C(O)(O)C4(C)C3CCC12C. The number of fused-ring (bicyclic) bond motifs is 5. The van der Waals surface area contributed by atoms with E-state index >= 15 is 0 Å². The van der Waals surface area contributed by atoms with E-state index in [1.54, 1.807) is 0 Å². The first kappa shape index (κ1) is 17.3. The van der Waals surface area contributed by atoms with Crippen LogP contribution in [0, 0.1) is 40.4 Å². The summed E-state index contributed by atoms with van der Waals surface area (Å²) in [6.45, 7) is 6.95. The van der Waals surface area contributed by atoms with Crippen molar-refractivity contribution in [3.63, 3.8) is 0 Å². The molecule has 8 atom stereocenters. The molecule has 3 heteroatoms. The molecule has 4 rings (SSSR count). The Morgan fingerprint density at radius 3 is 2.29 bits per heavy atom. The van der Waals surface area contributed by atoms with Gasteiger partial charge in [0.25, 0.3) is 0 Å². The number of hydrogen-bond donors (Lipinski definition) is 3. The summed E-state index contributed by atoms with van der Waals surface area (Å²) in [5, 5.41) is 32.2. The first-order valence-electron chi connectivity index (χ1n) is 10.4. The van der Waals surface area contributed by atoms with Crippen molar-refractivity contribution >= 4 is 0 Å². The Morgan fingerprint density at radius 2 is 1.58 bits per heavy atom. The normalized spacial score (nSPS) is 56.2. The second-order valence-electron chi connectivity index (χ2n) is 9.98. The largest absolute Gasteiger partial charge is 0.387 e. The van der Waals surface area contributed by atoms with Gasteiger partial charge in [0.15, 0.2) is 5.79 Å². The lowest BCUT2D eigenvalue weighted by molar-refractivity contribution is -0.349. The van der Waals surface area contributed by atoms with Crippen LogP contribution >= 0.6 is 0 Å². The van der Waals surface area contributed by atoms with Crippen LogP contribution in [0.3, 0.4) is 0 Å². The molecule has 0 heterocycles. The summed E-state index contributed by atoms with van der Waals surface area (Å²) < 4.78 is 0. The highest BCUT2D eigenvalue weighted by atomic mass is 16.5. The lowest BCUT2D eigenvalue weighted by Crippen LogP contribution is -2.68. The smallest absolute Gasteiger partial charge is 0.195 e. The van der Waals surface area contributed by atoms with E-state index in [4.69, 9.17) is 0 Å². The van der Waals surface area contributed by atoms with Crippen LogP contribution in [0.2, 0.25) is 0 Å². The molecule has 0 spiro atoms. The zero-order valence-electron chi connectivity index (χ0n) is 15.7. The third-order valence-electron chi connectivity index (χ3n) is 9.64. The second-order valence-corrected chi connectivity index (χ2v) is 9.98. The predicted octanol–water partition coefficient (Wildman–Crippen LogP) is 3.71. The van der Waals surface area contributed by atoms with Gasteiger partial charge in [-0.1, -0.05) is 27.2 Å². The Morgan fingerprint density at radius 1 is 0.875 bits per heavy atom. The summed E-state index contributed by atoms with van der Waals surface area (Å²) in [6, 6.07) is 0. The molecule has 0 aromatic heterocycles. The van der Waals surface area contributed by atoms with Crippen molar-refractivity contribution in [3.8, 4) is 0 Å². The van der Waals surface area contributed by atoms with Crippen LogP contribution in [0.15, 0.2) is 0 Å². The van der Waals surface area contributed by atoms with Gasteiger partial charge in [-0.25, -0.2) is 0 Å². The van der Waals surface area contributed by atoms with Gasteiger partial charge in [-0.3, -0.25) is 0 Å². The van der Waals surface area contributed by atoms with Crippen molar-refractivity contribution in [1.82, 2.24) is 0 Å². The van der Waals surface area contributed by atoms with Crippen molar-refractivity contribution in [1.29, 1.82) is 0 Å². The number of aliphatic hydroxyl groups excluding tert-OH is 1. The van der Waals surface area contributed by atoms with Crippen LogP contribution in [0.1, 0.15) is 78.6 Å². The molecule has 138 valence electrons. The monoisotopic (exact) mass is 336 g/mol. The molecule has 0 aromatic carbocycles. The van der Waals surface area contributed by atoms with Gasteiger partial charge in [0, 0.05) is 5.41 Å². The summed E-state index contributed by atoms with van der Waals surface area (Å²) in [5.74, 6) is 0.994. The van der Waals surface area contributed by atoms with Crippen molar-refractivity contribution in [2.45, 2.75) is 90.4 Å². The third kappa shape index (κ3) is 1.95. The standard InChI is InChI=1S/C21H36O3/c1-4-13-6-9-16-15-8-5-14-7-10-18(22)21(23,24)20(14,3)17(15)11-12-19(13,16)2/h13-18,22-24H,4-12H2,1-3H3. The zero-order valence-corrected chi connectivity index (χ0v) is 15.7. The predicted molar refractivity (Wildman–Crippen MR) is 94.1 cm³/mol. The molecule has 4 saturated carbocycles. The Bertz CT molecular complexity index is 503. The molecule has 0 radical (unpaired) electrons. The average molecular weight is 337 g/mol. The summed E-state index contributed by atoms with van der Waals surface area (Å²) >= 11 is 0. The first-order valence-corrected chi connectivity index (χ1v) is 10.4. The highest BCUT2D eigenvalue weighted by molar-refractivity contribution is 5.13. The van der Waals surface area contributed by atoms with Gasteiger partial charge in [0.2, 0.25) is 0 Å². The van der Waals surface area contributed by atoms with Gasteiger partial charge in [-0.05, 0) is 86.4 Å². The first-order chi connectivity index (χ1) is 11.3. The summed E-state index contributed by atoms with van der Waals surface area (Å²) in [4.78, 5) is 0. The van der Waals surface area contributed by atoms with Crippen LogP contribution in [-0.4, -0.2) is 27.2 Å². The van der Waals surface area contributed by atoms with Gasteiger partial charge in [-0.15, -0.1) is 0 Å². The molecule has 0 aliphatic heterocycles. The molecule has 0 amide bonds. The van der Waals surface area contributed by atoms with E-state index in [0.717, 1.165) is 31.1 Å². The number of rotatable bonds is 1. The molecule has 0 aromatic rings. The Balaban J connectivity index is 1.70. The Kier molecular flexibility index (Phi) is 3.92. The minimum atomic E-state index is -1.92. The van der Waals surface area contributed by atoms with Crippen LogP contribution in [0.5, 0.6) is 0 Å². The molecular weight excluding hydrogens is 300 g/mol. The van der Waals surface area contributed by atoms with Crippen molar-refractivity contribution in [2.24, 2.45) is 40.4 Å². The van der Waals surface area contributed by atoms with Gasteiger partial charge in [-0.2, -0.15) is 0 Å². The number of hydrogen-bond acceptors (Lipinski definition) is 3. The van der Waals surface area contributed by atoms with E-state index in [1.807, 2.05) is 0 Å². The lowest BCUT2D eigenvalue weighted by atomic mass is 9.43. The highest BCUT2D eigenvalue weighted by Gasteiger charge is 2.67. The lowest BCUT2D eigenvalue weighted by Gasteiger charge is -2.64. The molecule has 4 aliphatic rings. The van der Waals surface area contributed by atoms with Gasteiger partial charge in [0.1, 0.15) is 6.10 Å². The van der Waals surface area contributed by atoms with E-state index in [-0.39, 0.29) is 0 Å². The zero-order chi connectivity index (χ0) is 17.3. The maximum absolute atomic E-state index is 10.9. The van der Waals surface area contributed by atoms with E-state index in [9.17, 15) is 15.3 Å². The third-order valence-corrected chi connectivity index (χ3v) is 9.64. The molecular formula is C21H36O3. The second kappa shape index (κ2) is 5.44. The fraction of sp³-hybridized carbons (Fsp3) is 1.00. The van der Waals surface area contributed by atoms with Crippen LogP contribution in [0.4, 0.5) is 0 Å². The van der Waals surface area contributed by atoms with E-state index in [1.165, 1.54) is 32.1 Å².